The predicted molar refractivity (Wildman–Crippen MR) is 123 cm³/mol. The first-order valence-electron chi connectivity index (χ1n) is 9.94. The van der Waals surface area contributed by atoms with Gasteiger partial charge in [-0.15, -0.1) is 11.3 Å². The number of rotatable bonds is 2. The third-order valence-electron chi connectivity index (χ3n) is 5.43. The van der Waals surface area contributed by atoms with Crippen molar-refractivity contribution in [3.8, 4) is 0 Å². The number of anilines is 2. The van der Waals surface area contributed by atoms with Crippen LogP contribution in [0.5, 0.6) is 0 Å². The molecular formula is C23H23ClN4S. The normalized spacial score (nSPS) is 18.3. The topological polar surface area (TPSA) is 39.7 Å². The maximum absolute atomic E-state index is 6.04. The summed E-state index contributed by atoms with van der Waals surface area (Å²) in [5.41, 5.74) is 4.57. The number of aliphatic imine (C=N–C) groups is 1. The summed E-state index contributed by atoms with van der Waals surface area (Å²) in [7, 11) is 0. The fourth-order valence-corrected chi connectivity index (χ4v) is 5.09. The molecule has 1 fully saturated rings. The second-order valence-electron chi connectivity index (χ2n) is 7.61. The molecule has 1 atom stereocenters. The van der Waals surface area contributed by atoms with Gasteiger partial charge in [0.25, 0.3) is 0 Å². The maximum atomic E-state index is 6.04. The summed E-state index contributed by atoms with van der Waals surface area (Å²) in [4.78, 5) is 8.84. The molecule has 2 N–H and O–H groups in total. The maximum Gasteiger partial charge on any atom is 0.139 e. The number of aryl methyl sites for hydroxylation is 1. The van der Waals surface area contributed by atoms with Gasteiger partial charge in [-0.3, -0.25) is 0 Å². The summed E-state index contributed by atoms with van der Waals surface area (Å²) < 4.78 is 0. The third-order valence-corrected chi connectivity index (χ3v) is 6.64. The van der Waals surface area contributed by atoms with E-state index in [0.717, 1.165) is 48.3 Å². The molecule has 3 heterocycles. The largest absolute Gasteiger partial charge is 0.353 e. The van der Waals surface area contributed by atoms with Gasteiger partial charge in [-0.2, -0.15) is 0 Å². The van der Waals surface area contributed by atoms with E-state index >= 15 is 0 Å². The summed E-state index contributed by atoms with van der Waals surface area (Å²) in [6.45, 7) is 4.99. The van der Waals surface area contributed by atoms with Crippen molar-refractivity contribution in [2.45, 2.75) is 19.4 Å². The molecule has 4 nitrogen and oxygen atoms in total. The highest BCUT2D eigenvalue weighted by Gasteiger charge is 2.27. The summed E-state index contributed by atoms with van der Waals surface area (Å²) in [6, 6.07) is 19.1. The second-order valence-corrected chi connectivity index (χ2v) is 9.30. The Morgan fingerprint density at radius 2 is 2.00 bits per heavy atom. The lowest BCUT2D eigenvalue weighted by Gasteiger charge is -2.36. The highest BCUT2D eigenvalue weighted by Crippen LogP contribution is 2.39. The smallest absolute Gasteiger partial charge is 0.139 e. The van der Waals surface area contributed by atoms with Crippen molar-refractivity contribution in [2.24, 2.45) is 4.99 Å². The van der Waals surface area contributed by atoms with Gasteiger partial charge < -0.3 is 15.5 Å². The van der Waals surface area contributed by atoms with E-state index in [1.807, 2.05) is 18.2 Å². The molecule has 5 rings (SSSR count). The number of halogens is 1. The Morgan fingerprint density at radius 3 is 2.86 bits per heavy atom. The van der Waals surface area contributed by atoms with Crippen LogP contribution in [0.3, 0.4) is 0 Å². The number of hydrogen-bond donors (Lipinski definition) is 2. The Kier molecular flexibility index (Phi) is 5.04. The number of nitrogens with one attached hydrogen (secondary N) is 2. The number of fused-ring (bicyclic) bond motifs is 2. The Morgan fingerprint density at radius 1 is 1.17 bits per heavy atom. The van der Waals surface area contributed by atoms with Crippen molar-refractivity contribution >= 4 is 45.1 Å². The van der Waals surface area contributed by atoms with Gasteiger partial charge in [-0.1, -0.05) is 35.9 Å². The molecule has 0 amide bonds. The lowest BCUT2D eigenvalue weighted by Crippen LogP contribution is -2.53. The highest BCUT2D eigenvalue weighted by molar-refractivity contribution is 7.16. The van der Waals surface area contributed by atoms with Gasteiger partial charge in [0.1, 0.15) is 10.8 Å². The van der Waals surface area contributed by atoms with E-state index in [9.17, 15) is 0 Å². The van der Waals surface area contributed by atoms with Crippen LogP contribution in [0.1, 0.15) is 16.0 Å². The minimum absolute atomic E-state index is 0.377. The average molecular weight is 423 g/mol. The number of amidine groups is 1. The standard InChI is InChI=1S/C23H23ClN4S/c1-15-12-19-22(26-20-4-2-3-5-21(20)27-23(19)29-15)28-11-10-25-18(14-28)13-16-6-8-17(24)9-7-16/h2-9,12,18,25,27H,10-11,13-14H2,1H3. The minimum Gasteiger partial charge on any atom is -0.353 e. The molecule has 1 aromatic heterocycles. The zero-order chi connectivity index (χ0) is 19.8. The first kappa shape index (κ1) is 18.7. The van der Waals surface area contributed by atoms with Crippen LogP contribution in [0.25, 0.3) is 0 Å². The van der Waals surface area contributed by atoms with Crippen LogP contribution in [0.15, 0.2) is 59.6 Å². The number of thiophene rings is 1. The van der Waals surface area contributed by atoms with Crippen LogP contribution >= 0.6 is 22.9 Å². The summed E-state index contributed by atoms with van der Waals surface area (Å²) in [6.07, 6.45) is 0.977. The lowest BCUT2D eigenvalue weighted by atomic mass is 10.0. The van der Waals surface area contributed by atoms with Crippen LogP contribution < -0.4 is 10.6 Å². The highest BCUT2D eigenvalue weighted by atomic mass is 35.5. The fourth-order valence-electron chi connectivity index (χ4n) is 4.05. The van der Waals surface area contributed by atoms with E-state index in [0.29, 0.717) is 6.04 Å². The van der Waals surface area contributed by atoms with Crippen molar-refractivity contribution in [1.82, 2.24) is 10.2 Å². The van der Waals surface area contributed by atoms with E-state index < -0.39 is 0 Å². The first-order valence-corrected chi connectivity index (χ1v) is 11.1. The molecule has 2 aromatic carbocycles. The summed E-state index contributed by atoms with van der Waals surface area (Å²) >= 11 is 7.83. The van der Waals surface area contributed by atoms with Crippen LogP contribution in [0.4, 0.5) is 16.4 Å². The van der Waals surface area contributed by atoms with E-state index in [4.69, 9.17) is 16.6 Å². The number of benzene rings is 2. The third kappa shape index (κ3) is 3.90. The number of piperazine rings is 1. The van der Waals surface area contributed by atoms with Crippen molar-refractivity contribution in [2.75, 3.05) is 25.0 Å². The van der Waals surface area contributed by atoms with Gasteiger partial charge in [0.2, 0.25) is 0 Å². The van der Waals surface area contributed by atoms with E-state index in [1.165, 1.54) is 21.0 Å². The Bertz CT molecular complexity index is 1060. The molecule has 148 valence electrons. The van der Waals surface area contributed by atoms with E-state index in [2.05, 4.69) is 58.9 Å². The molecule has 0 saturated carbocycles. The van der Waals surface area contributed by atoms with Crippen molar-refractivity contribution in [3.05, 3.63) is 75.6 Å². The Labute approximate surface area is 180 Å². The summed E-state index contributed by atoms with van der Waals surface area (Å²) in [5, 5.41) is 9.23. The molecule has 2 aliphatic rings. The van der Waals surface area contributed by atoms with Gasteiger partial charge in [0, 0.05) is 35.6 Å². The van der Waals surface area contributed by atoms with E-state index in [-0.39, 0.29) is 0 Å². The van der Waals surface area contributed by atoms with Crippen molar-refractivity contribution in [1.29, 1.82) is 0 Å². The van der Waals surface area contributed by atoms with Crippen LogP contribution in [-0.2, 0) is 6.42 Å². The molecule has 0 bridgehead atoms. The number of hydrogen-bond acceptors (Lipinski definition) is 5. The average Bonchev–Trinajstić information content (AvgIpc) is 3.01. The van der Waals surface area contributed by atoms with Crippen molar-refractivity contribution < 1.29 is 0 Å². The van der Waals surface area contributed by atoms with Gasteiger partial charge in [0.05, 0.1) is 16.9 Å². The molecule has 0 spiro atoms. The second kappa shape index (κ2) is 7.82. The zero-order valence-electron chi connectivity index (χ0n) is 16.3. The lowest BCUT2D eigenvalue weighted by molar-refractivity contribution is 0.290. The minimum atomic E-state index is 0.377. The van der Waals surface area contributed by atoms with Gasteiger partial charge in [0.15, 0.2) is 0 Å². The van der Waals surface area contributed by atoms with E-state index in [1.54, 1.807) is 11.3 Å². The molecule has 0 aliphatic carbocycles. The Hall–Kier alpha value is -2.34. The molecule has 1 unspecified atom stereocenters. The number of nitrogens with zero attached hydrogens (tertiary/aromatic N) is 2. The fraction of sp³-hybridized carbons (Fsp3) is 0.261. The predicted octanol–water partition coefficient (Wildman–Crippen LogP) is 5.36. The molecule has 0 radical (unpaired) electrons. The Balaban J connectivity index is 1.45. The van der Waals surface area contributed by atoms with Crippen LogP contribution in [0.2, 0.25) is 5.02 Å². The molecular weight excluding hydrogens is 400 g/mol. The zero-order valence-corrected chi connectivity index (χ0v) is 17.9. The molecule has 3 aromatic rings. The van der Waals surface area contributed by atoms with Gasteiger partial charge in [-0.25, -0.2) is 4.99 Å². The van der Waals surface area contributed by atoms with Gasteiger partial charge in [-0.05, 0) is 49.2 Å². The first-order chi connectivity index (χ1) is 14.2. The molecule has 6 heteroatoms. The van der Waals surface area contributed by atoms with Crippen molar-refractivity contribution in [3.63, 3.8) is 0 Å². The monoisotopic (exact) mass is 422 g/mol. The number of para-hydroxylation sites is 2. The van der Waals surface area contributed by atoms with Crippen LogP contribution in [-0.4, -0.2) is 36.4 Å². The van der Waals surface area contributed by atoms with Crippen LogP contribution in [0, 0.1) is 6.92 Å². The molecule has 2 aliphatic heterocycles. The molecule has 29 heavy (non-hydrogen) atoms. The molecule has 1 saturated heterocycles. The quantitative estimate of drug-likeness (QED) is 0.583. The SMILES string of the molecule is Cc1cc2c(s1)Nc1ccccc1N=C2N1CCNC(Cc2ccc(Cl)cc2)C1. The van der Waals surface area contributed by atoms with Gasteiger partial charge >= 0.3 is 0 Å². The summed E-state index contributed by atoms with van der Waals surface area (Å²) in [5.74, 6) is 1.07.